The SMILES string of the molecule is CN(c1ccc(CN)nn1)C1CCCCCC1. The average Bonchev–Trinajstić information content (AvgIpc) is 2.67. The predicted octanol–water partition coefficient (Wildman–Crippen LogP) is 2.09. The molecule has 0 bridgehead atoms. The van der Waals surface area contributed by atoms with Crippen LogP contribution in [0.15, 0.2) is 12.1 Å². The Labute approximate surface area is 103 Å². The summed E-state index contributed by atoms with van der Waals surface area (Å²) in [4.78, 5) is 2.28. The first-order chi connectivity index (χ1) is 8.31. The van der Waals surface area contributed by atoms with Crippen molar-refractivity contribution >= 4 is 5.82 Å². The van der Waals surface area contributed by atoms with Crippen LogP contribution in [-0.4, -0.2) is 23.3 Å². The fraction of sp³-hybridized carbons (Fsp3) is 0.692. The van der Waals surface area contributed by atoms with Crippen LogP contribution in [0.2, 0.25) is 0 Å². The van der Waals surface area contributed by atoms with Gasteiger partial charge in [0.05, 0.1) is 5.69 Å². The maximum absolute atomic E-state index is 5.52. The highest BCUT2D eigenvalue weighted by Gasteiger charge is 2.18. The van der Waals surface area contributed by atoms with Crippen LogP contribution < -0.4 is 10.6 Å². The van der Waals surface area contributed by atoms with Crippen LogP contribution in [0.5, 0.6) is 0 Å². The van der Waals surface area contributed by atoms with Gasteiger partial charge < -0.3 is 10.6 Å². The normalized spacial score (nSPS) is 17.8. The molecule has 2 rings (SSSR count). The Hall–Kier alpha value is -1.16. The lowest BCUT2D eigenvalue weighted by atomic mass is 10.1. The third kappa shape index (κ3) is 3.16. The van der Waals surface area contributed by atoms with E-state index in [0.717, 1.165) is 11.5 Å². The van der Waals surface area contributed by atoms with E-state index in [0.29, 0.717) is 12.6 Å². The minimum Gasteiger partial charge on any atom is -0.355 e. The molecule has 0 aromatic carbocycles. The van der Waals surface area contributed by atoms with E-state index in [9.17, 15) is 0 Å². The van der Waals surface area contributed by atoms with Crippen LogP contribution in [0.1, 0.15) is 44.2 Å². The minimum atomic E-state index is 0.459. The molecule has 94 valence electrons. The summed E-state index contributed by atoms with van der Waals surface area (Å²) < 4.78 is 0. The summed E-state index contributed by atoms with van der Waals surface area (Å²) in [5.41, 5.74) is 6.37. The lowest BCUT2D eigenvalue weighted by Crippen LogP contribution is -2.32. The van der Waals surface area contributed by atoms with Crippen molar-refractivity contribution in [2.75, 3.05) is 11.9 Å². The van der Waals surface area contributed by atoms with Gasteiger partial charge in [0.2, 0.25) is 0 Å². The molecule has 0 unspecified atom stereocenters. The molecule has 0 atom stereocenters. The molecular formula is C13H22N4. The molecule has 4 nitrogen and oxygen atoms in total. The van der Waals surface area contributed by atoms with E-state index >= 15 is 0 Å². The second kappa shape index (κ2) is 5.96. The summed E-state index contributed by atoms with van der Waals surface area (Å²) >= 11 is 0. The molecule has 0 saturated heterocycles. The van der Waals surface area contributed by atoms with E-state index < -0.39 is 0 Å². The van der Waals surface area contributed by atoms with Crippen molar-refractivity contribution in [2.45, 2.75) is 51.1 Å². The topological polar surface area (TPSA) is 55.0 Å². The van der Waals surface area contributed by atoms with Crippen LogP contribution in [0.3, 0.4) is 0 Å². The maximum atomic E-state index is 5.52. The van der Waals surface area contributed by atoms with Gasteiger partial charge in [0.25, 0.3) is 0 Å². The quantitative estimate of drug-likeness (QED) is 0.814. The molecule has 4 heteroatoms. The second-order valence-corrected chi connectivity index (χ2v) is 4.84. The van der Waals surface area contributed by atoms with Gasteiger partial charge in [-0.25, -0.2) is 0 Å². The van der Waals surface area contributed by atoms with Gasteiger partial charge in [0.1, 0.15) is 0 Å². The molecule has 1 aliphatic rings. The summed E-state index contributed by atoms with van der Waals surface area (Å²) in [5, 5.41) is 8.37. The third-order valence-electron chi connectivity index (χ3n) is 3.65. The van der Waals surface area contributed by atoms with Crippen LogP contribution in [-0.2, 0) is 6.54 Å². The molecular weight excluding hydrogens is 212 g/mol. The first kappa shape index (κ1) is 12.3. The number of rotatable bonds is 3. The number of anilines is 1. The van der Waals surface area contributed by atoms with Crippen molar-refractivity contribution in [3.63, 3.8) is 0 Å². The zero-order valence-corrected chi connectivity index (χ0v) is 10.6. The monoisotopic (exact) mass is 234 g/mol. The molecule has 1 aromatic heterocycles. The zero-order chi connectivity index (χ0) is 12.1. The van der Waals surface area contributed by atoms with E-state index in [1.54, 1.807) is 0 Å². The van der Waals surface area contributed by atoms with Gasteiger partial charge >= 0.3 is 0 Å². The van der Waals surface area contributed by atoms with Gasteiger partial charge in [-0.15, -0.1) is 5.10 Å². The molecule has 1 fully saturated rings. The van der Waals surface area contributed by atoms with Crippen LogP contribution in [0.4, 0.5) is 5.82 Å². The van der Waals surface area contributed by atoms with Gasteiger partial charge in [-0.1, -0.05) is 25.7 Å². The molecule has 1 heterocycles. The van der Waals surface area contributed by atoms with Crippen LogP contribution in [0, 0.1) is 0 Å². The summed E-state index contributed by atoms with van der Waals surface area (Å²) in [7, 11) is 2.13. The number of aromatic nitrogens is 2. The highest BCUT2D eigenvalue weighted by molar-refractivity contribution is 5.37. The molecule has 0 spiro atoms. The van der Waals surface area contributed by atoms with E-state index in [2.05, 4.69) is 22.1 Å². The number of hydrogen-bond acceptors (Lipinski definition) is 4. The van der Waals surface area contributed by atoms with Crippen molar-refractivity contribution in [1.29, 1.82) is 0 Å². The van der Waals surface area contributed by atoms with Gasteiger partial charge in [-0.2, -0.15) is 5.10 Å². The smallest absolute Gasteiger partial charge is 0.151 e. The van der Waals surface area contributed by atoms with Gasteiger partial charge in [0.15, 0.2) is 5.82 Å². The zero-order valence-electron chi connectivity index (χ0n) is 10.6. The molecule has 0 aliphatic heterocycles. The van der Waals surface area contributed by atoms with Crippen molar-refractivity contribution in [3.05, 3.63) is 17.8 Å². The van der Waals surface area contributed by atoms with Crippen molar-refractivity contribution < 1.29 is 0 Å². The van der Waals surface area contributed by atoms with Gasteiger partial charge in [-0.3, -0.25) is 0 Å². The molecule has 1 saturated carbocycles. The lowest BCUT2D eigenvalue weighted by Gasteiger charge is -2.27. The Kier molecular flexibility index (Phi) is 4.31. The third-order valence-corrected chi connectivity index (χ3v) is 3.65. The summed E-state index contributed by atoms with van der Waals surface area (Å²) in [6.45, 7) is 0.459. The van der Waals surface area contributed by atoms with Crippen LogP contribution >= 0.6 is 0 Å². The van der Waals surface area contributed by atoms with Gasteiger partial charge in [-0.05, 0) is 25.0 Å². The van der Waals surface area contributed by atoms with E-state index in [1.165, 1.54) is 38.5 Å². The Morgan fingerprint density at radius 2 is 1.88 bits per heavy atom. The van der Waals surface area contributed by atoms with E-state index in [4.69, 9.17) is 5.73 Å². The highest BCUT2D eigenvalue weighted by atomic mass is 15.3. The Morgan fingerprint density at radius 1 is 1.18 bits per heavy atom. The second-order valence-electron chi connectivity index (χ2n) is 4.84. The van der Waals surface area contributed by atoms with Crippen molar-refractivity contribution in [3.8, 4) is 0 Å². The van der Waals surface area contributed by atoms with Crippen LogP contribution in [0.25, 0.3) is 0 Å². The van der Waals surface area contributed by atoms with E-state index in [1.807, 2.05) is 12.1 Å². The Bertz CT molecular complexity index is 328. The highest BCUT2D eigenvalue weighted by Crippen LogP contribution is 2.23. The number of nitrogens with zero attached hydrogens (tertiary/aromatic N) is 3. The van der Waals surface area contributed by atoms with E-state index in [-0.39, 0.29) is 0 Å². The molecule has 1 aromatic rings. The minimum absolute atomic E-state index is 0.459. The number of hydrogen-bond donors (Lipinski definition) is 1. The molecule has 2 N–H and O–H groups in total. The standard InChI is InChI=1S/C13H22N4/c1-17(12-6-4-2-3-5-7-12)13-9-8-11(10-14)15-16-13/h8-9,12H,2-7,10,14H2,1H3. The average molecular weight is 234 g/mol. The Morgan fingerprint density at radius 3 is 2.41 bits per heavy atom. The molecule has 0 amide bonds. The predicted molar refractivity (Wildman–Crippen MR) is 69.8 cm³/mol. The van der Waals surface area contributed by atoms with Crippen molar-refractivity contribution in [1.82, 2.24) is 10.2 Å². The lowest BCUT2D eigenvalue weighted by molar-refractivity contribution is 0.547. The molecule has 0 radical (unpaired) electrons. The Balaban J connectivity index is 2.03. The summed E-state index contributed by atoms with van der Waals surface area (Å²) in [6.07, 6.45) is 7.98. The summed E-state index contributed by atoms with van der Waals surface area (Å²) in [6, 6.07) is 4.62. The summed E-state index contributed by atoms with van der Waals surface area (Å²) in [5.74, 6) is 0.967. The molecule has 1 aliphatic carbocycles. The molecule has 17 heavy (non-hydrogen) atoms. The van der Waals surface area contributed by atoms with Gasteiger partial charge in [0, 0.05) is 19.6 Å². The first-order valence-corrected chi connectivity index (χ1v) is 6.57. The maximum Gasteiger partial charge on any atom is 0.151 e. The number of nitrogens with two attached hydrogens (primary N) is 1. The first-order valence-electron chi connectivity index (χ1n) is 6.57. The van der Waals surface area contributed by atoms with Crippen molar-refractivity contribution in [2.24, 2.45) is 5.73 Å². The largest absolute Gasteiger partial charge is 0.355 e. The fourth-order valence-corrected chi connectivity index (χ4v) is 2.48. The fourth-order valence-electron chi connectivity index (χ4n) is 2.48.